The molecule has 0 bridgehead atoms. The van der Waals surface area contributed by atoms with Gasteiger partial charge >= 0.3 is 0 Å². The van der Waals surface area contributed by atoms with E-state index in [1.165, 1.54) is 24.3 Å². The van der Waals surface area contributed by atoms with Gasteiger partial charge in [0.25, 0.3) is 20.2 Å². The van der Waals surface area contributed by atoms with Crippen LogP contribution < -0.4 is 10.6 Å². The summed E-state index contributed by atoms with van der Waals surface area (Å²) in [5.74, 6) is 0.00980. The van der Waals surface area contributed by atoms with E-state index in [0.29, 0.717) is 66.6 Å². The Morgan fingerprint density at radius 1 is 0.689 bits per heavy atom. The van der Waals surface area contributed by atoms with Gasteiger partial charge in [0, 0.05) is 32.3 Å². The van der Waals surface area contributed by atoms with Gasteiger partial charge in [0.05, 0.1) is 50.7 Å². The second-order valence-corrected chi connectivity index (χ2v) is 17.4. The number of benzene rings is 4. The molecule has 2 aromatic heterocycles. The Balaban J connectivity index is 1.37. The van der Waals surface area contributed by atoms with E-state index in [4.69, 9.17) is 10.5 Å². The number of hydrogen-bond donors (Lipinski definition) is 6. The van der Waals surface area contributed by atoms with Gasteiger partial charge in [-0.2, -0.15) is 27.4 Å². The van der Waals surface area contributed by atoms with Crippen LogP contribution in [0.5, 0.6) is 0 Å². The molecule has 0 aliphatic heterocycles. The summed E-state index contributed by atoms with van der Waals surface area (Å²) in [4.78, 5) is 4.80. The van der Waals surface area contributed by atoms with Crippen LogP contribution in [-0.2, 0) is 39.0 Å². The van der Waals surface area contributed by atoms with E-state index in [2.05, 4.69) is 67.0 Å². The number of nitrogens with one attached hydrogen (secondary N) is 2. The molecule has 0 fully saturated rings. The van der Waals surface area contributed by atoms with Crippen LogP contribution in [0.15, 0.2) is 119 Å². The van der Waals surface area contributed by atoms with Gasteiger partial charge in [0.2, 0.25) is 0 Å². The summed E-state index contributed by atoms with van der Waals surface area (Å²) in [5, 5.41) is 70.2. The van der Waals surface area contributed by atoms with Crippen molar-refractivity contribution in [2.75, 3.05) is 10.6 Å². The Labute approximate surface area is 357 Å². The van der Waals surface area contributed by atoms with Crippen LogP contribution >= 0.6 is 35.4 Å². The first-order valence-electron chi connectivity index (χ1n) is 16.5. The highest BCUT2D eigenvalue weighted by molar-refractivity contribution is 7.95. The Morgan fingerprint density at radius 2 is 1.26 bits per heavy atom. The first-order chi connectivity index (χ1) is 29.1. The number of nitriles is 2. The Hall–Kier alpha value is -5.95. The van der Waals surface area contributed by atoms with Crippen LogP contribution in [0.4, 0.5) is 44.4 Å². The van der Waals surface area contributed by atoms with E-state index in [1.54, 1.807) is 44.2 Å². The summed E-state index contributed by atoms with van der Waals surface area (Å²) < 4.78 is 74.4. The molecule has 0 spiro atoms. The smallest absolute Gasteiger partial charge is 0.294 e. The number of fused-ring (bicyclic) bond motifs is 1. The van der Waals surface area contributed by atoms with Crippen molar-refractivity contribution in [2.45, 2.75) is 33.4 Å². The van der Waals surface area contributed by atoms with Crippen molar-refractivity contribution in [3.05, 3.63) is 101 Å². The molecule has 2 heterocycles. The molecule has 0 atom stereocenters. The van der Waals surface area contributed by atoms with Gasteiger partial charge in [-0.25, -0.2) is 15.5 Å². The molecule has 6 aromatic rings. The van der Waals surface area contributed by atoms with Crippen molar-refractivity contribution in [1.82, 2.24) is 4.98 Å². The van der Waals surface area contributed by atoms with Gasteiger partial charge in [-0.15, -0.1) is 29.1 Å². The molecule has 26 heteroatoms. The maximum atomic E-state index is 11.7. The molecule has 6 rings (SSSR count). The summed E-state index contributed by atoms with van der Waals surface area (Å²) >= 11 is 2.39. The standard InChI is InChI=1S/C35H25N9O12S5/c1-18-28(16-36)32(38-21-3-8-25(9-4-21)60(47,48)49)40-33(39-22-5-10-26(11-6-22)61(50,51)52)31(18)42-44-35-29(17-37)19(2)34(57-35)43-41-23-7-12-27-20(13-23)14-24(58-55-53-45)15-30(27)59-56-54-46/h3-15,45-46H,1-2H3,(H2,38,39,40)(H,47,48,49)(H,50,51,52)/b43-41+,44-42+. The maximum Gasteiger partial charge on any atom is 0.294 e. The number of rotatable bonds is 16. The summed E-state index contributed by atoms with van der Waals surface area (Å²) in [6.45, 7) is 3.21. The molecular formula is C35H25N9O12S5. The van der Waals surface area contributed by atoms with E-state index in [1.807, 2.05) is 0 Å². The minimum absolute atomic E-state index is 0.00153. The molecule has 0 aliphatic carbocycles. The van der Waals surface area contributed by atoms with E-state index >= 15 is 0 Å². The fourth-order valence-electron chi connectivity index (χ4n) is 5.39. The largest absolute Gasteiger partial charge is 0.339 e. The van der Waals surface area contributed by atoms with E-state index in [-0.39, 0.29) is 54.5 Å². The third kappa shape index (κ3) is 10.7. The van der Waals surface area contributed by atoms with Crippen molar-refractivity contribution in [3.8, 4) is 12.1 Å². The second kappa shape index (κ2) is 19.2. The van der Waals surface area contributed by atoms with Crippen LogP contribution in [0.25, 0.3) is 10.8 Å². The van der Waals surface area contributed by atoms with Gasteiger partial charge in [0.1, 0.15) is 22.8 Å². The van der Waals surface area contributed by atoms with Gasteiger partial charge < -0.3 is 10.6 Å². The molecule has 0 saturated carbocycles. The second-order valence-electron chi connectivity index (χ2n) is 12.0. The molecule has 0 aliphatic rings. The Bertz CT molecular complexity index is 3010. The lowest BCUT2D eigenvalue weighted by Gasteiger charge is -2.16. The quantitative estimate of drug-likeness (QED) is 0.0173. The number of azo groups is 2. The van der Waals surface area contributed by atoms with Gasteiger partial charge in [-0.1, -0.05) is 27.5 Å². The number of nitrogens with zero attached hydrogens (tertiary/aromatic N) is 7. The Kier molecular flexibility index (Phi) is 14.0. The fourth-order valence-corrected chi connectivity index (χ4v) is 8.33. The normalized spacial score (nSPS) is 11.9. The molecule has 6 N–H and O–H groups in total. The van der Waals surface area contributed by atoms with Crippen LogP contribution in [0.1, 0.15) is 22.3 Å². The van der Waals surface area contributed by atoms with Crippen LogP contribution in [0.2, 0.25) is 0 Å². The lowest BCUT2D eigenvalue weighted by Crippen LogP contribution is -2.05. The molecule has 312 valence electrons. The number of pyridine rings is 1. The van der Waals surface area contributed by atoms with Crippen molar-refractivity contribution in [3.63, 3.8) is 0 Å². The van der Waals surface area contributed by atoms with Gasteiger partial charge in [0.15, 0.2) is 16.6 Å². The van der Waals surface area contributed by atoms with E-state index < -0.39 is 20.2 Å². The van der Waals surface area contributed by atoms with Gasteiger partial charge in [-0.05, 0) is 97.4 Å². The van der Waals surface area contributed by atoms with Crippen LogP contribution in [-0.4, -0.2) is 41.4 Å². The monoisotopic (exact) mass is 923 g/mol. The molecule has 0 unspecified atom stereocenters. The third-order valence-electron chi connectivity index (χ3n) is 8.26. The predicted octanol–water partition coefficient (Wildman–Crippen LogP) is 10.3. The molecular weight excluding hydrogens is 899 g/mol. The summed E-state index contributed by atoms with van der Waals surface area (Å²) in [6.07, 6.45) is 0. The van der Waals surface area contributed by atoms with E-state index in [0.717, 1.165) is 35.6 Å². The lowest BCUT2D eigenvalue weighted by molar-refractivity contribution is -0.432. The molecule has 61 heavy (non-hydrogen) atoms. The Morgan fingerprint density at radius 3 is 1.84 bits per heavy atom. The number of hydrogen-bond acceptors (Lipinski definition) is 22. The highest BCUT2D eigenvalue weighted by Crippen LogP contribution is 2.44. The third-order valence-corrected chi connectivity index (χ3v) is 12.3. The SMILES string of the molecule is Cc1c(/N=N/c2ccc3c(SOOO)cc(SOOO)cc3c2)sc(/N=N/c2c(Nc3ccc(S(=O)(=O)O)cc3)nc(Nc3ccc(S(=O)(=O)O)cc3)c(C#N)c2C)c1C#N. The zero-order valence-corrected chi connectivity index (χ0v) is 34.8. The minimum Gasteiger partial charge on any atom is -0.339 e. The maximum absolute atomic E-state index is 11.7. The summed E-state index contributed by atoms with van der Waals surface area (Å²) in [7, 11) is -8.98. The molecule has 21 nitrogen and oxygen atoms in total. The highest BCUT2D eigenvalue weighted by Gasteiger charge is 2.21. The van der Waals surface area contributed by atoms with Crippen molar-refractivity contribution < 1.29 is 55.2 Å². The zero-order chi connectivity index (χ0) is 43.9. The first kappa shape index (κ1) is 44.6. The minimum atomic E-state index is -4.50. The van der Waals surface area contributed by atoms with Crippen molar-refractivity contribution in [1.29, 1.82) is 10.5 Å². The van der Waals surface area contributed by atoms with Crippen molar-refractivity contribution >= 4 is 111 Å². The average Bonchev–Trinajstić information content (AvgIpc) is 3.53. The van der Waals surface area contributed by atoms with Crippen molar-refractivity contribution in [2.24, 2.45) is 20.5 Å². The zero-order valence-electron chi connectivity index (χ0n) is 30.7. The topological polar surface area (TPSA) is 320 Å². The number of thiophene rings is 1. The summed E-state index contributed by atoms with van der Waals surface area (Å²) in [6, 6.07) is 22.5. The molecule has 0 saturated heterocycles. The predicted molar refractivity (Wildman–Crippen MR) is 220 cm³/mol. The lowest BCUT2D eigenvalue weighted by atomic mass is 10.1. The number of aromatic nitrogens is 1. The van der Waals surface area contributed by atoms with E-state index in [9.17, 15) is 36.5 Å². The van der Waals surface area contributed by atoms with Gasteiger partial charge in [-0.3, -0.25) is 9.11 Å². The fraction of sp³-hybridized carbons (Fsp3) is 0.0571. The van der Waals surface area contributed by atoms with Crippen LogP contribution in [0, 0.1) is 36.5 Å². The molecule has 4 aromatic carbocycles. The molecule has 0 radical (unpaired) electrons. The summed E-state index contributed by atoms with van der Waals surface area (Å²) in [5.41, 5.74) is 1.86. The highest BCUT2D eigenvalue weighted by atomic mass is 32.2. The van der Waals surface area contributed by atoms with Crippen LogP contribution in [0.3, 0.4) is 0 Å². The molecule has 0 amide bonds. The first-order valence-corrected chi connectivity index (χ1v) is 21.7. The number of anilines is 4. The average molecular weight is 924 g/mol.